The molecular formula is C34H60O2Si. The molecule has 4 saturated carbocycles. The molecule has 0 aromatic heterocycles. The third kappa shape index (κ3) is 5.27. The summed E-state index contributed by atoms with van der Waals surface area (Å²) in [6, 6.07) is 0. The molecule has 4 rings (SSSR count). The molecule has 0 radical (unpaired) electrons. The highest BCUT2D eigenvalue weighted by Gasteiger charge is 2.64. The molecule has 0 spiro atoms. The van der Waals surface area contributed by atoms with Crippen LogP contribution in [0.15, 0.2) is 0 Å². The van der Waals surface area contributed by atoms with Crippen LogP contribution in [0, 0.1) is 58.2 Å². The zero-order valence-electron chi connectivity index (χ0n) is 26.2. The fourth-order valence-corrected chi connectivity index (χ4v) is 11.0. The van der Waals surface area contributed by atoms with Crippen LogP contribution in [0.2, 0.25) is 18.1 Å². The van der Waals surface area contributed by atoms with Gasteiger partial charge in [-0.25, -0.2) is 0 Å². The van der Waals surface area contributed by atoms with Crippen molar-refractivity contribution in [1.82, 2.24) is 0 Å². The molecule has 0 unspecified atom stereocenters. The summed E-state index contributed by atoms with van der Waals surface area (Å²) in [4.78, 5) is 0. The van der Waals surface area contributed by atoms with Crippen molar-refractivity contribution in [3.63, 3.8) is 0 Å². The van der Waals surface area contributed by atoms with Crippen molar-refractivity contribution in [2.24, 2.45) is 46.3 Å². The molecule has 4 fully saturated rings. The Morgan fingerprint density at radius 2 is 1.57 bits per heavy atom. The number of aliphatic hydroxyl groups is 1. The zero-order chi connectivity index (χ0) is 27.4. The van der Waals surface area contributed by atoms with Crippen molar-refractivity contribution in [3.8, 4) is 11.8 Å². The van der Waals surface area contributed by atoms with Crippen LogP contribution in [-0.2, 0) is 4.43 Å². The summed E-state index contributed by atoms with van der Waals surface area (Å²) in [7, 11) is -1.86. The van der Waals surface area contributed by atoms with Gasteiger partial charge >= 0.3 is 0 Å². The Labute approximate surface area is 231 Å². The van der Waals surface area contributed by atoms with Crippen molar-refractivity contribution in [3.05, 3.63) is 0 Å². The smallest absolute Gasteiger partial charge is 0.192 e. The Kier molecular flexibility index (Phi) is 8.23. The van der Waals surface area contributed by atoms with Gasteiger partial charge < -0.3 is 9.53 Å². The molecule has 4 aliphatic carbocycles. The van der Waals surface area contributed by atoms with E-state index in [2.05, 4.69) is 73.4 Å². The second-order valence-electron chi connectivity index (χ2n) is 16.2. The lowest BCUT2D eigenvalue weighted by atomic mass is 9.43. The first-order chi connectivity index (χ1) is 17.1. The molecule has 0 bridgehead atoms. The van der Waals surface area contributed by atoms with Crippen LogP contribution in [-0.4, -0.2) is 25.1 Å². The summed E-state index contributed by atoms with van der Waals surface area (Å²) in [5.74, 6) is 10.8. The molecule has 1 N–H and O–H groups in total. The fourth-order valence-electron chi connectivity index (χ4n) is 9.67. The molecule has 0 heterocycles. The van der Waals surface area contributed by atoms with E-state index < -0.39 is 13.9 Å². The van der Waals surface area contributed by atoms with E-state index in [9.17, 15) is 5.11 Å². The quantitative estimate of drug-likeness (QED) is 0.219. The minimum absolute atomic E-state index is 0.191. The third-order valence-corrected chi connectivity index (χ3v) is 17.3. The summed E-state index contributed by atoms with van der Waals surface area (Å²) in [5, 5.41) is 11.9. The van der Waals surface area contributed by atoms with Gasteiger partial charge in [-0.15, -0.1) is 5.92 Å². The van der Waals surface area contributed by atoms with E-state index in [0.717, 1.165) is 37.0 Å². The predicted molar refractivity (Wildman–Crippen MR) is 160 cm³/mol. The Bertz CT molecular complexity index is 874. The van der Waals surface area contributed by atoms with Gasteiger partial charge in [-0.2, -0.15) is 0 Å². The molecule has 0 aromatic carbocycles. The van der Waals surface area contributed by atoms with E-state index in [-0.39, 0.29) is 16.4 Å². The summed E-state index contributed by atoms with van der Waals surface area (Å²) in [6.45, 7) is 24.1. The van der Waals surface area contributed by atoms with Gasteiger partial charge in [0, 0.05) is 18.4 Å². The molecule has 10 atom stereocenters. The maximum absolute atomic E-state index is 11.7. The first kappa shape index (κ1) is 29.7. The number of hydrogen-bond donors (Lipinski definition) is 1. The van der Waals surface area contributed by atoms with Crippen LogP contribution in [0.3, 0.4) is 0 Å². The zero-order valence-corrected chi connectivity index (χ0v) is 27.2. The van der Waals surface area contributed by atoms with E-state index in [1.165, 1.54) is 51.4 Å². The molecule has 3 heteroatoms. The van der Waals surface area contributed by atoms with Gasteiger partial charge in [0.05, 0.1) is 0 Å². The van der Waals surface area contributed by atoms with Gasteiger partial charge in [-0.05, 0) is 117 Å². The van der Waals surface area contributed by atoms with Gasteiger partial charge in [0.15, 0.2) is 8.32 Å². The second-order valence-corrected chi connectivity index (χ2v) is 21.0. The standard InChI is InChI=1S/C34H60O2Si/c1-11-12-13-14-19-34(8,35)30-16-15-26-25-23-29(36-37(9,10)31(3,4)5)28-22-24(2)17-20-32(28,6)27(25)18-21-33(26,30)7/h24-30,35H,11-13,15-18,20-23H2,1-10H3/t24-,25-,26-,27-,28+,29-,30-,32+,33-,34-/m0/s1. The van der Waals surface area contributed by atoms with E-state index >= 15 is 0 Å². The summed E-state index contributed by atoms with van der Waals surface area (Å²) in [6.07, 6.45) is 14.0. The van der Waals surface area contributed by atoms with Crippen LogP contribution < -0.4 is 0 Å². The lowest BCUT2D eigenvalue weighted by molar-refractivity contribution is -0.165. The van der Waals surface area contributed by atoms with Crippen LogP contribution >= 0.6 is 0 Å². The second kappa shape index (κ2) is 10.3. The lowest BCUT2D eigenvalue weighted by Crippen LogP contribution is -2.60. The molecule has 2 nitrogen and oxygen atoms in total. The van der Waals surface area contributed by atoms with Crippen molar-refractivity contribution in [2.45, 2.75) is 156 Å². The van der Waals surface area contributed by atoms with Crippen LogP contribution in [0.4, 0.5) is 0 Å². The van der Waals surface area contributed by atoms with Crippen LogP contribution in [0.1, 0.15) is 126 Å². The van der Waals surface area contributed by atoms with Crippen molar-refractivity contribution >= 4 is 8.32 Å². The summed E-state index contributed by atoms with van der Waals surface area (Å²) in [5.41, 5.74) is -0.274. The molecule has 0 aromatic rings. The molecular weight excluding hydrogens is 468 g/mol. The Balaban J connectivity index is 1.64. The van der Waals surface area contributed by atoms with E-state index in [1.807, 2.05) is 6.92 Å². The Hall–Kier alpha value is -0.303. The average Bonchev–Trinajstić information content (AvgIpc) is 3.15. The Morgan fingerprint density at radius 1 is 0.919 bits per heavy atom. The number of unbranched alkanes of at least 4 members (excludes halogenated alkanes) is 2. The van der Waals surface area contributed by atoms with Crippen LogP contribution in [0.5, 0.6) is 0 Å². The van der Waals surface area contributed by atoms with Crippen molar-refractivity contribution < 1.29 is 9.53 Å². The number of fused-ring (bicyclic) bond motifs is 5. The minimum atomic E-state index is -1.86. The molecule has 4 aliphatic rings. The van der Waals surface area contributed by atoms with Gasteiger partial charge in [-0.3, -0.25) is 0 Å². The van der Waals surface area contributed by atoms with Gasteiger partial charge in [0.2, 0.25) is 0 Å². The topological polar surface area (TPSA) is 29.5 Å². The molecule has 0 aliphatic heterocycles. The van der Waals surface area contributed by atoms with E-state index in [0.29, 0.717) is 23.4 Å². The highest BCUT2D eigenvalue weighted by molar-refractivity contribution is 6.74. The molecule has 212 valence electrons. The van der Waals surface area contributed by atoms with Crippen molar-refractivity contribution in [2.75, 3.05) is 0 Å². The largest absolute Gasteiger partial charge is 0.414 e. The predicted octanol–water partition coefficient (Wildman–Crippen LogP) is 9.23. The maximum Gasteiger partial charge on any atom is 0.192 e. The molecule has 0 saturated heterocycles. The van der Waals surface area contributed by atoms with Gasteiger partial charge in [-0.1, -0.05) is 67.2 Å². The monoisotopic (exact) mass is 528 g/mol. The van der Waals surface area contributed by atoms with Crippen LogP contribution in [0.25, 0.3) is 0 Å². The van der Waals surface area contributed by atoms with E-state index in [1.54, 1.807) is 0 Å². The first-order valence-electron chi connectivity index (χ1n) is 16.0. The number of hydrogen-bond acceptors (Lipinski definition) is 2. The lowest BCUT2D eigenvalue weighted by Gasteiger charge is -2.64. The highest BCUT2D eigenvalue weighted by Crippen LogP contribution is 2.69. The first-order valence-corrected chi connectivity index (χ1v) is 18.9. The SMILES string of the molecule is CCCCC#C[C@](C)(O)[C@H]1CC[C@H]2[C@@H]3C[C@H](O[Si](C)(C)C(C)(C)C)[C@H]4C[C@@H](C)CC[C@]4(C)[C@H]3CC[C@@]21C. The maximum atomic E-state index is 11.7. The Morgan fingerprint density at radius 3 is 2.22 bits per heavy atom. The summed E-state index contributed by atoms with van der Waals surface area (Å²) >= 11 is 0. The molecule has 37 heavy (non-hydrogen) atoms. The van der Waals surface area contributed by atoms with E-state index in [4.69, 9.17) is 4.43 Å². The number of rotatable bonds is 5. The molecule has 0 amide bonds. The fraction of sp³-hybridized carbons (Fsp3) is 0.941. The van der Waals surface area contributed by atoms with Gasteiger partial charge in [0.1, 0.15) is 5.60 Å². The average molecular weight is 529 g/mol. The normalized spacial score (nSPS) is 43.6. The third-order valence-electron chi connectivity index (χ3n) is 12.8. The summed E-state index contributed by atoms with van der Waals surface area (Å²) < 4.78 is 7.39. The van der Waals surface area contributed by atoms with Gasteiger partial charge in [0.25, 0.3) is 0 Å². The minimum Gasteiger partial charge on any atom is -0.414 e. The highest BCUT2D eigenvalue weighted by atomic mass is 28.4. The van der Waals surface area contributed by atoms with Crippen molar-refractivity contribution in [1.29, 1.82) is 0 Å².